The molecule has 0 aromatic carbocycles. The van der Waals surface area contributed by atoms with Gasteiger partial charge in [-0.15, -0.1) is 0 Å². The van der Waals surface area contributed by atoms with Crippen LogP contribution in [-0.4, -0.2) is 40.6 Å². The molecule has 0 unspecified atom stereocenters. The van der Waals surface area contributed by atoms with E-state index < -0.39 is 0 Å². The molecule has 0 atom stereocenters. The van der Waals surface area contributed by atoms with Crippen molar-refractivity contribution >= 4 is 43.8 Å². The van der Waals surface area contributed by atoms with Crippen LogP contribution >= 0.6 is 12.3 Å². The van der Waals surface area contributed by atoms with Crippen LogP contribution in [0.25, 0.3) is 0 Å². The van der Waals surface area contributed by atoms with Gasteiger partial charge in [-0.25, -0.2) is 0 Å². The maximum atomic E-state index is 8.87. The fourth-order valence-electron chi connectivity index (χ4n) is 0. The molecule has 0 aromatic heterocycles. The maximum Gasteiger partial charge on any atom is 0.152 e. The molecule has 0 aliphatic carbocycles. The molecule has 0 saturated carbocycles. The summed E-state index contributed by atoms with van der Waals surface area (Å²) < 4.78 is 15.0. The van der Waals surface area contributed by atoms with Crippen molar-refractivity contribution in [1.82, 2.24) is 0 Å². The van der Waals surface area contributed by atoms with Crippen LogP contribution in [0.3, 0.4) is 0 Å². The Morgan fingerprint density at radius 1 is 1.67 bits per heavy atom. The quantitative estimate of drug-likeness (QED) is 0.267. The Balaban J connectivity index is 0. The van der Waals surface area contributed by atoms with Crippen molar-refractivity contribution in [2.75, 3.05) is 0 Å². The predicted molar refractivity (Wildman–Crippen MR) is 25.4 cm³/mol. The molecule has 0 spiro atoms. The summed E-state index contributed by atoms with van der Waals surface area (Å²) in [4.78, 5) is 8.87. The molecule has 3 nitrogen and oxygen atoms in total. The summed E-state index contributed by atoms with van der Waals surface area (Å²) in [6, 6.07) is 0. The van der Waals surface area contributed by atoms with Gasteiger partial charge in [-0.05, 0) is 0 Å². The van der Waals surface area contributed by atoms with Crippen LogP contribution in [0.5, 0.6) is 0 Å². The normalized spacial score (nSPS) is 5.33. The summed E-state index contributed by atoms with van der Waals surface area (Å²) in [5, 5.41) is 0. The molecule has 0 fully saturated rings. The van der Waals surface area contributed by atoms with Crippen molar-refractivity contribution in [3.05, 3.63) is 0 Å². The predicted octanol–water partition coefficient (Wildman–Crippen LogP) is 0.0107. The van der Waals surface area contributed by atoms with Crippen LogP contribution in [0.1, 0.15) is 0 Å². The van der Waals surface area contributed by atoms with Crippen LogP contribution in [0.15, 0.2) is 0 Å². The van der Waals surface area contributed by atoms with E-state index in [1.54, 1.807) is 0 Å². The molecule has 6 heavy (non-hydrogen) atoms. The standard InChI is InChI=1S/CHO.Na.H2O2S/c1-2;;1-3-2/h1H;;1-2H. The van der Waals surface area contributed by atoms with Gasteiger partial charge in [-0.2, -0.15) is 0 Å². The van der Waals surface area contributed by atoms with E-state index in [1.807, 2.05) is 0 Å². The van der Waals surface area contributed by atoms with Crippen molar-refractivity contribution in [2.45, 2.75) is 0 Å². The van der Waals surface area contributed by atoms with Crippen molar-refractivity contribution in [3.8, 4) is 0 Å². The molecule has 2 N–H and O–H groups in total. The van der Waals surface area contributed by atoms with E-state index in [0.29, 0.717) is 27.9 Å². The van der Waals surface area contributed by atoms with Crippen LogP contribution in [-0.2, 0) is 4.79 Å². The van der Waals surface area contributed by atoms with Crippen LogP contribution < -0.4 is 0 Å². The SMILES string of the molecule is O=[CH][Na].OSO. The van der Waals surface area contributed by atoms with Gasteiger partial charge >= 0.3 is 36.3 Å². The monoisotopic (exact) mass is 118 g/mol. The summed E-state index contributed by atoms with van der Waals surface area (Å²) in [7, 11) is 0. The Labute approximate surface area is 57.6 Å². The first-order chi connectivity index (χ1) is 2.83. The summed E-state index contributed by atoms with van der Waals surface area (Å²) in [5.41, 5.74) is 0. The largest absolute Gasteiger partial charge is 0.307 e. The van der Waals surface area contributed by atoms with E-state index in [9.17, 15) is 0 Å². The summed E-state index contributed by atoms with van der Waals surface area (Å²) in [6.07, 6.45) is 0. The zero-order chi connectivity index (χ0) is 5.41. The van der Waals surface area contributed by atoms with Crippen molar-refractivity contribution in [3.63, 3.8) is 0 Å². The van der Waals surface area contributed by atoms with Gasteiger partial charge in [0.1, 0.15) is 0 Å². The summed E-state index contributed by atoms with van der Waals surface area (Å²) >= 11 is 0.438. The molecule has 0 bridgehead atoms. The Bertz CT molecular complexity index is 24.8. The van der Waals surface area contributed by atoms with Crippen LogP contribution in [0.4, 0.5) is 0 Å². The Kier molecular flexibility index (Phi) is 28.0. The topological polar surface area (TPSA) is 57.5 Å². The first-order valence-electron chi connectivity index (χ1n) is 1.18. The van der Waals surface area contributed by atoms with Gasteiger partial charge in [0.2, 0.25) is 0 Å². The second-order valence-electron chi connectivity index (χ2n) is 0.317. The molecule has 32 valence electrons. The van der Waals surface area contributed by atoms with Crippen molar-refractivity contribution < 1.29 is 13.9 Å². The second-order valence-corrected chi connectivity index (χ2v) is 0.952. The minimum atomic E-state index is -0.250. The molecule has 0 aromatic rings. The maximum absolute atomic E-state index is 8.87. The average molecular weight is 118 g/mol. The zero-order valence-electron chi connectivity index (χ0n) is 3.29. The third-order valence-corrected chi connectivity index (χ3v) is 0. The Hall–Kier alpha value is 0.940. The molecule has 0 rings (SSSR count). The minimum absolute atomic E-state index is 0.250. The average Bonchev–Trinajstić information content (AvgIpc) is 1.39. The van der Waals surface area contributed by atoms with E-state index in [0.717, 1.165) is 3.54 Å². The first-order valence-corrected chi connectivity index (χ1v) is 3.06. The first kappa shape index (κ1) is 10.0. The fraction of sp³-hybridized carbons (Fsp3) is 0. The fourth-order valence-corrected chi connectivity index (χ4v) is 0. The third kappa shape index (κ3) is 86.8. The second kappa shape index (κ2) is 16.8. The number of carbonyl (C=O) groups excluding carboxylic acids is 1. The van der Waals surface area contributed by atoms with Crippen molar-refractivity contribution in [2.24, 2.45) is 0 Å². The Morgan fingerprint density at radius 2 is 1.67 bits per heavy atom. The Morgan fingerprint density at radius 3 is 1.67 bits per heavy atom. The number of hydrogen-bond donors (Lipinski definition) is 2. The van der Waals surface area contributed by atoms with Gasteiger partial charge in [-0.1, -0.05) is 0 Å². The van der Waals surface area contributed by atoms with E-state index in [1.165, 1.54) is 0 Å². The molecule has 0 amide bonds. The van der Waals surface area contributed by atoms with Crippen molar-refractivity contribution in [1.29, 1.82) is 0 Å². The third-order valence-electron chi connectivity index (χ3n) is 0. The molecular weight excluding hydrogens is 115 g/mol. The van der Waals surface area contributed by atoms with Gasteiger partial charge in [0, 0.05) is 0 Å². The van der Waals surface area contributed by atoms with E-state index in [4.69, 9.17) is 13.9 Å². The van der Waals surface area contributed by atoms with Crippen LogP contribution in [0, 0.1) is 0 Å². The zero-order valence-corrected chi connectivity index (χ0v) is 6.10. The molecule has 0 radical (unpaired) electrons. The van der Waals surface area contributed by atoms with E-state index in [2.05, 4.69) is 0 Å². The van der Waals surface area contributed by atoms with Gasteiger partial charge < -0.3 is 9.11 Å². The smallest absolute Gasteiger partial charge is 0.152 e. The van der Waals surface area contributed by atoms with Gasteiger partial charge in [0.25, 0.3) is 0 Å². The molecule has 5 heteroatoms. The van der Waals surface area contributed by atoms with Crippen LogP contribution in [0.2, 0.25) is 0 Å². The number of hydrogen-bond acceptors (Lipinski definition) is 4. The molecule has 0 saturated heterocycles. The van der Waals surface area contributed by atoms with Gasteiger partial charge in [0.15, 0.2) is 12.3 Å². The summed E-state index contributed by atoms with van der Waals surface area (Å²) in [5.74, 6) is 0. The van der Waals surface area contributed by atoms with Gasteiger partial charge in [-0.3, -0.25) is 0 Å². The minimum Gasteiger partial charge on any atom is -0.307 e. The molecular formula is CH3NaO3S. The van der Waals surface area contributed by atoms with E-state index in [-0.39, 0.29) is 12.3 Å². The molecule has 0 heterocycles. The molecule has 0 aliphatic heterocycles. The summed E-state index contributed by atoms with van der Waals surface area (Å²) in [6.45, 7) is 0. The van der Waals surface area contributed by atoms with E-state index >= 15 is 0 Å². The van der Waals surface area contributed by atoms with Gasteiger partial charge in [0.05, 0.1) is 0 Å². The number of carbonyl (C=O) groups is 1. The number of rotatable bonds is 0. The molecule has 0 aliphatic rings.